The maximum atomic E-state index is 5.43. The van der Waals surface area contributed by atoms with Crippen LogP contribution >= 0.6 is 11.8 Å². The van der Waals surface area contributed by atoms with Gasteiger partial charge in [0.25, 0.3) is 0 Å². The molecule has 0 radical (unpaired) electrons. The lowest BCUT2D eigenvalue weighted by Crippen LogP contribution is -2.40. The minimum absolute atomic E-state index is 0.0222. The van der Waals surface area contributed by atoms with Gasteiger partial charge in [-0.2, -0.15) is 11.8 Å². The van der Waals surface area contributed by atoms with Gasteiger partial charge in [-0.15, -0.1) is 0 Å². The Labute approximate surface area is 99.5 Å². The van der Waals surface area contributed by atoms with Crippen LogP contribution in [0.1, 0.15) is 40.5 Å². The van der Waals surface area contributed by atoms with Gasteiger partial charge in [-0.1, -0.05) is 0 Å². The molecule has 2 nitrogen and oxygen atoms in total. The van der Waals surface area contributed by atoms with E-state index >= 15 is 0 Å². The molecule has 92 valence electrons. The second-order valence-electron chi connectivity index (χ2n) is 4.92. The number of hydrogen-bond donors (Lipinski definition) is 1. The Balaban J connectivity index is 3.77. The zero-order chi connectivity index (χ0) is 11.9. The van der Waals surface area contributed by atoms with Crippen molar-refractivity contribution in [2.75, 3.05) is 19.1 Å². The molecule has 0 aliphatic carbocycles. The van der Waals surface area contributed by atoms with Crippen LogP contribution in [0.2, 0.25) is 0 Å². The predicted octanol–water partition coefficient (Wildman–Crippen LogP) is 2.92. The molecule has 0 rings (SSSR count). The molecule has 2 atom stereocenters. The van der Waals surface area contributed by atoms with Crippen molar-refractivity contribution in [1.29, 1.82) is 0 Å². The number of rotatable bonds is 8. The molecule has 0 fully saturated rings. The molecule has 0 aliphatic heterocycles. The van der Waals surface area contributed by atoms with E-state index in [1.165, 1.54) is 12.2 Å². The Bertz CT molecular complexity index is 162. The second kappa shape index (κ2) is 7.53. The molecule has 0 amide bonds. The molecular formula is C12H27NOS. The van der Waals surface area contributed by atoms with E-state index in [0.717, 1.165) is 6.42 Å². The number of methoxy groups -OCH3 is 1. The summed E-state index contributed by atoms with van der Waals surface area (Å²) in [4.78, 5) is 0. The SMILES string of the molecule is COC(C)(C)CC(C)NC(C)CCSC. The lowest BCUT2D eigenvalue weighted by Gasteiger charge is -2.29. The van der Waals surface area contributed by atoms with Crippen molar-refractivity contribution in [2.24, 2.45) is 0 Å². The van der Waals surface area contributed by atoms with Crippen LogP contribution in [0.3, 0.4) is 0 Å². The highest BCUT2D eigenvalue weighted by atomic mass is 32.2. The zero-order valence-corrected chi connectivity index (χ0v) is 11.9. The highest BCUT2D eigenvalue weighted by Crippen LogP contribution is 2.16. The maximum Gasteiger partial charge on any atom is 0.0637 e. The Kier molecular flexibility index (Phi) is 7.66. The standard InChI is InChI=1S/C12H27NOS/c1-10(7-8-15-6)13-11(2)9-12(3,4)14-5/h10-11,13H,7-9H2,1-6H3. The smallest absolute Gasteiger partial charge is 0.0637 e. The molecule has 0 spiro atoms. The Morgan fingerprint density at radius 3 is 2.33 bits per heavy atom. The minimum Gasteiger partial charge on any atom is -0.379 e. The summed E-state index contributed by atoms with van der Waals surface area (Å²) >= 11 is 1.91. The molecule has 15 heavy (non-hydrogen) atoms. The van der Waals surface area contributed by atoms with Gasteiger partial charge >= 0.3 is 0 Å². The fourth-order valence-electron chi connectivity index (χ4n) is 1.74. The van der Waals surface area contributed by atoms with E-state index in [1.807, 2.05) is 11.8 Å². The third-order valence-electron chi connectivity index (χ3n) is 2.67. The van der Waals surface area contributed by atoms with E-state index in [2.05, 4.69) is 39.3 Å². The molecule has 2 unspecified atom stereocenters. The van der Waals surface area contributed by atoms with E-state index in [0.29, 0.717) is 12.1 Å². The van der Waals surface area contributed by atoms with Crippen molar-refractivity contribution >= 4 is 11.8 Å². The molecular weight excluding hydrogens is 206 g/mol. The third-order valence-corrected chi connectivity index (χ3v) is 3.32. The van der Waals surface area contributed by atoms with E-state index in [9.17, 15) is 0 Å². The van der Waals surface area contributed by atoms with Crippen LogP contribution in [0.4, 0.5) is 0 Å². The molecule has 0 saturated carbocycles. The third kappa shape index (κ3) is 8.12. The first kappa shape index (κ1) is 15.3. The van der Waals surface area contributed by atoms with Gasteiger partial charge in [-0.3, -0.25) is 0 Å². The Morgan fingerprint density at radius 2 is 1.87 bits per heavy atom. The molecule has 0 aromatic carbocycles. The molecule has 0 saturated heterocycles. The van der Waals surface area contributed by atoms with Crippen molar-refractivity contribution in [1.82, 2.24) is 5.32 Å². The zero-order valence-electron chi connectivity index (χ0n) is 11.1. The first-order valence-electron chi connectivity index (χ1n) is 5.71. The van der Waals surface area contributed by atoms with Crippen LogP contribution in [0.15, 0.2) is 0 Å². The molecule has 0 heterocycles. The van der Waals surface area contributed by atoms with Crippen LogP contribution in [0.25, 0.3) is 0 Å². The normalized spacial score (nSPS) is 16.4. The summed E-state index contributed by atoms with van der Waals surface area (Å²) in [6, 6.07) is 1.11. The van der Waals surface area contributed by atoms with Gasteiger partial charge in [0.1, 0.15) is 0 Å². The van der Waals surface area contributed by atoms with Gasteiger partial charge < -0.3 is 10.1 Å². The van der Waals surface area contributed by atoms with Crippen molar-refractivity contribution in [3.05, 3.63) is 0 Å². The minimum atomic E-state index is -0.0222. The van der Waals surface area contributed by atoms with Crippen molar-refractivity contribution in [3.8, 4) is 0 Å². The van der Waals surface area contributed by atoms with Crippen LogP contribution in [-0.4, -0.2) is 36.8 Å². The molecule has 0 aromatic rings. The topological polar surface area (TPSA) is 21.3 Å². The summed E-state index contributed by atoms with van der Waals surface area (Å²) in [5.41, 5.74) is -0.0222. The highest BCUT2D eigenvalue weighted by molar-refractivity contribution is 7.98. The Hall–Kier alpha value is 0.270. The molecule has 0 bridgehead atoms. The number of thioether (sulfide) groups is 1. The first-order valence-corrected chi connectivity index (χ1v) is 7.11. The fraction of sp³-hybridized carbons (Fsp3) is 1.00. The molecule has 1 N–H and O–H groups in total. The lowest BCUT2D eigenvalue weighted by molar-refractivity contribution is 0.00783. The van der Waals surface area contributed by atoms with Gasteiger partial charge in [-0.05, 0) is 52.5 Å². The maximum absolute atomic E-state index is 5.43. The van der Waals surface area contributed by atoms with Gasteiger partial charge in [0, 0.05) is 19.2 Å². The molecule has 3 heteroatoms. The Morgan fingerprint density at radius 1 is 1.27 bits per heavy atom. The number of nitrogens with one attached hydrogen (secondary N) is 1. The van der Waals surface area contributed by atoms with E-state index in [4.69, 9.17) is 4.74 Å². The van der Waals surface area contributed by atoms with E-state index in [1.54, 1.807) is 7.11 Å². The summed E-state index contributed by atoms with van der Waals surface area (Å²) in [7, 11) is 1.78. The van der Waals surface area contributed by atoms with Gasteiger partial charge in [-0.25, -0.2) is 0 Å². The summed E-state index contributed by atoms with van der Waals surface area (Å²) in [6.45, 7) is 8.76. The van der Waals surface area contributed by atoms with Crippen LogP contribution in [0, 0.1) is 0 Å². The van der Waals surface area contributed by atoms with E-state index in [-0.39, 0.29) is 5.60 Å². The average molecular weight is 233 g/mol. The summed E-state index contributed by atoms with van der Waals surface area (Å²) in [5, 5.41) is 3.61. The van der Waals surface area contributed by atoms with Crippen LogP contribution in [-0.2, 0) is 4.74 Å². The number of ether oxygens (including phenoxy) is 1. The van der Waals surface area contributed by atoms with Crippen LogP contribution < -0.4 is 5.32 Å². The quantitative estimate of drug-likeness (QED) is 0.696. The molecule has 0 aliphatic rings. The number of hydrogen-bond acceptors (Lipinski definition) is 3. The predicted molar refractivity (Wildman–Crippen MR) is 70.8 cm³/mol. The van der Waals surface area contributed by atoms with Crippen molar-refractivity contribution in [3.63, 3.8) is 0 Å². The highest BCUT2D eigenvalue weighted by Gasteiger charge is 2.20. The van der Waals surface area contributed by atoms with Gasteiger partial charge in [0.05, 0.1) is 5.60 Å². The first-order chi connectivity index (χ1) is 6.91. The van der Waals surface area contributed by atoms with Crippen molar-refractivity contribution in [2.45, 2.75) is 58.2 Å². The summed E-state index contributed by atoms with van der Waals surface area (Å²) < 4.78 is 5.43. The second-order valence-corrected chi connectivity index (χ2v) is 5.90. The monoisotopic (exact) mass is 233 g/mol. The lowest BCUT2D eigenvalue weighted by atomic mass is 9.99. The van der Waals surface area contributed by atoms with Gasteiger partial charge in [0.2, 0.25) is 0 Å². The molecule has 0 aromatic heterocycles. The van der Waals surface area contributed by atoms with Gasteiger partial charge in [0.15, 0.2) is 0 Å². The summed E-state index contributed by atoms with van der Waals surface area (Å²) in [5.74, 6) is 1.23. The van der Waals surface area contributed by atoms with E-state index < -0.39 is 0 Å². The average Bonchev–Trinajstić information content (AvgIpc) is 2.13. The van der Waals surface area contributed by atoms with Crippen LogP contribution in [0.5, 0.6) is 0 Å². The summed E-state index contributed by atoms with van der Waals surface area (Å²) in [6.07, 6.45) is 4.44. The van der Waals surface area contributed by atoms with Crippen molar-refractivity contribution < 1.29 is 4.74 Å². The fourth-order valence-corrected chi connectivity index (χ4v) is 2.33. The largest absolute Gasteiger partial charge is 0.379 e.